The van der Waals surface area contributed by atoms with Crippen LogP contribution in [0.4, 0.5) is 21.6 Å². The second kappa shape index (κ2) is 12.8. The largest absolute Gasteiger partial charge is 0.487 e. The van der Waals surface area contributed by atoms with Gasteiger partial charge in [0.1, 0.15) is 18.1 Å². The first-order chi connectivity index (χ1) is 23.8. The number of piperidine rings is 3. The van der Waals surface area contributed by atoms with Crippen molar-refractivity contribution in [1.29, 1.82) is 0 Å². The van der Waals surface area contributed by atoms with Gasteiger partial charge in [-0.15, -0.1) is 0 Å². The number of aromatic nitrogens is 3. The van der Waals surface area contributed by atoms with E-state index in [1.165, 1.54) is 6.07 Å². The van der Waals surface area contributed by atoms with Gasteiger partial charge in [-0.2, -0.15) is 0 Å². The summed E-state index contributed by atoms with van der Waals surface area (Å²) in [5.41, 5.74) is 9.66. The van der Waals surface area contributed by atoms with Crippen molar-refractivity contribution in [3.8, 4) is 11.6 Å². The Morgan fingerprint density at radius 3 is 2.69 bits per heavy atom. The zero-order chi connectivity index (χ0) is 33.8. The summed E-state index contributed by atoms with van der Waals surface area (Å²) in [5, 5.41) is 0.378. The van der Waals surface area contributed by atoms with Gasteiger partial charge in [0, 0.05) is 81.4 Å². The van der Waals surface area contributed by atoms with Crippen LogP contribution in [0, 0.1) is 5.82 Å². The molecule has 0 amide bonds. The van der Waals surface area contributed by atoms with Gasteiger partial charge in [0.2, 0.25) is 5.88 Å². The first-order valence-corrected chi connectivity index (χ1v) is 17.5. The molecule has 4 saturated heterocycles. The molecule has 2 N–H and O–H groups in total. The highest BCUT2D eigenvalue weighted by atomic mass is 19.1. The fourth-order valence-electron chi connectivity index (χ4n) is 8.46. The van der Waals surface area contributed by atoms with E-state index in [2.05, 4.69) is 48.1 Å². The highest BCUT2D eigenvalue weighted by Crippen LogP contribution is 2.45. The predicted molar refractivity (Wildman–Crippen MR) is 189 cm³/mol. The Labute approximate surface area is 286 Å². The summed E-state index contributed by atoms with van der Waals surface area (Å²) >= 11 is 0. The smallest absolute Gasteiger partial charge is 0.213 e. The molecule has 4 atom stereocenters. The molecule has 0 radical (unpaired) electrons. The van der Waals surface area contributed by atoms with Crippen molar-refractivity contribution in [3.05, 3.63) is 76.1 Å². The number of piperazine rings is 1. The van der Waals surface area contributed by atoms with E-state index < -0.39 is 0 Å². The van der Waals surface area contributed by atoms with Crippen molar-refractivity contribution in [3.63, 3.8) is 0 Å². The minimum absolute atomic E-state index is 0.0160. The van der Waals surface area contributed by atoms with Gasteiger partial charge in [0.25, 0.3) is 0 Å². The molecule has 8 heterocycles. The first-order valence-electron chi connectivity index (χ1n) is 17.5. The number of fused-ring (bicyclic) bond motifs is 3. The Morgan fingerprint density at radius 2 is 1.94 bits per heavy atom. The van der Waals surface area contributed by atoms with E-state index in [1.54, 1.807) is 13.3 Å². The molecule has 5 aliphatic heterocycles. The molecule has 4 fully saturated rings. The Balaban J connectivity index is 1.18. The molecule has 9 rings (SSSR count). The topological polar surface area (TPSA) is 105 Å². The van der Waals surface area contributed by atoms with Crippen LogP contribution in [0.1, 0.15) is 49.8 Å². The molecule has 11 nitrogen and oxygen atoms in total. The minimum Gasteiger partial charge on any atom is -0.487 e. The van der Waals surface area contributed by atoms with Gasteiger partial charge in [0.05, 0.1) is 35.9 Å². The number of likely N-dealkylation sites (N-methyl/N-ethyl adjacent to an activating group) is 1. The minimum atomic E-state index is -0.381. The average molecular weight is 669 g/mol. The summed E-state index contributed by atoms with van der Waals surface area (Å²) in [6, 6.07) is 9.99. The maximum atomic E-state index is 16.3. The zero-order valence-electron chi connectivity index (χ0n) is 28.5. The van der Waals surface area contributed by atoms with Gasteiger partial charge in [-0.1, -0.05) is 0 Å². The first kappa shape index (κ1) is 31.8. The lowest BCUT2D eigenvalue weighted by molar-refractivity contribution is 0.123. The van der Waals surface area contributed by atoms with Crippen molar-refractivity contribution >= 4 is 28.1 Å². The summed E-state index contributed by atoms with van der Waals surface area (Å²) in [7, 11) is 3.77. The number of hydrogen-bond acceptors (Lipinski definition) is 10. The zero-order valence-corrected chi connectivity index (χ0v) is 28.5. The van der Waals surface area contributed by atoms with Crippen LogP contribution in [-0.4, -0.2) is 89.4 Å². The number of anilines is 3. The van der Waals surface area contributed by atoms with Crippen LogP contribution in [0.3, 0.4) is 0 Å². The lowest BCUT2D eigenvalue weighted by Crippen LogP contribution is -2.61. The van der Waals surface area contributed by atoms with Gasteiger partial charge < -0.3 is 29.6 Å². The molecule has 258 valence electrons. The second-order valence-electron chi connectivity index (χ2n) is 14.3. The fraction of sp³-hybridized carbons (Fsp3) is 0.486. The SMILES string of the molecule is COc1cc(CN(Cc2cn3c4c(c(N5CC6CCC5CN6C)c(F)cc4c2=O)OCC3C)[C@H]2CCCN(c3ccc(N)nc3)C2)ccn1. The number of hydrogen-bond donors (Lipinski definition) is 1. The molecule has 2 bridgehead atoms. The molecule has 0 aliphatic carbocycles. The van der Waals surface area contributed by atoms with Crippen LogP contribution in [0.25, 0.3) is 10.9 Å². The molecular weight excluding hydrogens is 623 g/mol. The highest BCUT2D eigenvalue weighted by Gasteiger charge is 2.41. The van der Waals surface area contributed by atoms with Gasteiger partial charge >= 0.3 is 0 Å². The van der Waals surface area contributed by atoms with Gasteiger partial charge in [-0.25, -0.2) is 14.4 Å². The van der Waals surface area contributed by atoms with E-state index >= 15 is 4.39 Å². The van der Waals surface area contributed by atoms with Crippen LogP contribution >= 0.6 is 0 Å². The summed E-state index contributed by atoms with van der Waals surface area (Å²) < 4.78 is 30.3. The molecule has 0 saturated carbocycles. The van der Waals surface area contributed by atoms with Crippen molar-refractivity contribution in [2.24, 2.45) is 0 Å². The number of nitrogens with two attached hydrogens (primary N) is 1. The van der Waals surface area contributed by atoms with Crippen molar-refractivity contribution in [2.75, 3.05) is 62.5 Å². The van der Waals surface area contributed by atoms with E-state index in [4.69, 9.17) is 15.2 Å². The number of benzene rings is 1. The van der Waals surface area contributed by atoms with Gasteiger partial charge in [0.15, 0.2) is 17.0 Å². The lowest BCUT2D eigenvalue weighted by Gasteiger charge is -2.51. The molecule has 5 aliphatic rings. The number of ether oxygens (including phenoxy) is 2. The Hall–Kier alpha value is -4.42. The third-order valence-corrected chi connectivity index (χ3v) is 11.1. The maximum absolute atomic E-state index is 16.3. The van der Waals surface area contributed by atoms with Crippen molar-refractivity contribution < 1.29 is 13.9 Å². The van der Waals surface area contributed by atoms with Crippen molar-refractivity contribution in [2.45, 2.75) is 69.9 Å². The predicted octanol–water partition coefficient (Wildman–Crippen LogP) is 4.43. The quantitative estimate of drug-likeness (QED) is 0.290. The summed E-state index contributed by atoms with van der Waals surface area (Å²) in [4.78, 5) is 32.4. The van der Waals surface area contributed by atoms with Crippen molar-refractivity contribution in [1.82, 2.24) is 24.3 Å². The molecule has 1 aromatic carbocycles. The average Bonchev–Trinajstić information content (AvgIpc) is 3.11. The molecule has 49 heavy (non-hydrogen) atoms. The number of halogens is 1. The number of nitrogens with zero attached hydrogens (tertiary/aromatic N) is 7. The van der Waals surface area contributed by atoms with E-state index in [9.17, 15) is 4.79 Å². The van der Waals surface area contributed by atoms with E-state index in [-0.39, 0.29) is 29.4 Å². The second-order valence-corrected chi connectivity index (χ2v) is 14.3. The molecular formula is C37H45FN8O3. The van der Waals surface area contributed by atoms with Gasteiger partial charge in [-0.05, 0) is 69.5 Å². The monoisotopic (exact) mass is 668 g/mol. The van der Waals surface area contributed by atoms with E-state index in [0.717, 1.165) is 63.1 Å². The number of nitrogen functional groups attached to an aromatic ring is 1. The molecule has 3 aromatic heterocycles. The Kier molecular flexibility index (Phi) is 8.31. The van der Waals surface area contributed by atoms with E-state index in [0.29, 0.717) is 65.3 Å². The number of methoxy groups -OCH3 is 1. The van der Waals surface area contributed by atoms with E-state index in [1.807, 2.05) is 36.7 Å². The van der Waals surface area contributed by atoms with Crippen LogP contribution in [0.15, 0.2) is 53.7 Å². The highest BCUT2D eigenvalue weighted by molar-refractivity contribution is 5.92. The van der Waals surface area contributed by atoms with Crippen LogP contribution in [-0.2, 0) is 13.1 Å². The molecule has 3 unspecified atom stereocenters. The Bertz CT molecular complexity index is 1920. The summed E-state index contributed by atoms with van der Waals surface area (Å²) in [6.45, 7) is 6.86. The summed E-state index contributed by atoms with van der Waals surface area (Å²) in [6.07, 6.45) is 9.70. The standard InChI is InChI=1S/C37H45FN8O3/c1-23-22-49-37-34-30(14-31(38)35(37)46-21-27-6-7-29(46)19-42(27)2)36(47)25(18-45(23)34)17-44(16-24-10-11-40-33(13-24)48-3)28-5-4-12-43(20-28)26-8-9-32(39)41-15-26/h8-11,13-15,18,23,27-29H,4-7,12,16-17,19-22H2,1-3H3,(H2,39,41)/t23?,27?,28-,29?/m0/s1. The Morgan fingerprint density at radius 1 is 1.08 bits per heavy atom. The summed E-state index contributed by atoms with van der Waals surface area (Å²) in [5.74, 6) is 1.17. The normalized spacial score (nSPS) is 23.7. The maximum Gasteiger partial charge on any atom is 0.213 e. The fourth-order valence-corrected chi connectivity index (χ4v) is 8.46. The van der Waals surface area contributed by atoms with Crippen LogP contribution in [0.2, 0.25) is 0 Å². The third kappa shape index (κ3) is 5.84. The lowest BCUT2D eigenvalue weighted by atomic mass is 9.90. The van der Waals surface area contributed by atoms with Crippen LogP contribution in [0.5, 0.6) is 11.6 Å². The number of rotatable bonds is 8. The van der Waals surface area contributed by atoms with Crippen LogP contribution < -0.4 is 30.4 Å². The number of pyridine rings is 3. The molecule has 0 spiro atoms. The van der Waals surface area contributed by atoms with Gasteiger partial charge in [-0.3, -0.25) is 14.6 Å². The molecule has 4 aromatic rings. The third-order valence-electron chi connectivity index (χ3n) is 11.1. The molecule has 12 heteroatoms.